The summed E-state index contributed by atoms with van der Waals surface area (Å²) < 4.78 is 0. The predicted octanol–water partition coefficient (Wildman–Crippen LogP) is 4.96. The summed E-state index contributed by atoms with van der Waals surface area (Å²) in [5, 5.41) is 3.63. The molecule has 0 radical (unpaired) electrons. The van der Waals surface area contributed by atoms with Crippen molar-refractivity contribution >= 4 is 11.8 Å². The fourth-order valence-corrected chi connectivity index (χ4v) is 4.03. The molecule has 0 spiro atoms. The van der Waals surface area contributed by atoms with Crippen LogP contribution in [0.25, 0.3) is 0 Å². The number of hydrogen-bond acceptors (Lipinski definition) is 2. The molecule has 0 amide bonds. The van der Waals surface area contributed by atoms with E-state index in [1.54, 1.807) is 0 Å². The highest BCUT2D eigenvalue weighted by atomic mass is 32.2. The molecule has 0 heterocycles. The van der Waals surface area contributed by atoms with E-state index >= 15 is 0 Å². The van der Waals surface area contributed by atoms with E-state index in [9.17, 15) is 0 Å². The number of thioether (sulfide) groups is 1. The van der Waals surface area contributed by atoms with Gasteiger partial charge in [-0.25, -0.2) is 0 Å². The molecule has 114 valence electrons. The topological polar surface area (TPSA) is 12.0 Å². The molecule has 0 saturated heterocycles. The van der Waals surface area contributed by atoms with E-state index in [0.717, 1.165) is 12.5 Å². The quantitative estimate of drug-likeness (QED) is 0.663. The monoisotopic (exact) mass is 285 g/mol. The summed E-state index contributed by atoms with van der Waals surface area (Å²) in [6, 6.07) is 0. The highest BCUT2D eigenvalue weighted by Crippen LogP contribution is 2.47. The summed E-state index contributed by atoms with van der Waals surface area (Å²) in [7, 11) is 0. The summed E-state index contributed by atoms with van der Waals surface area (Å²) in [5.74, 6) is 2.26. The lowest BCUT2D eigenvalue weighted by molar-refractivity contribution is 0.0797. The second-order valence-electron chi connectivity index (χ2n) is 7.52. The van der Waals surface area contributed by atoms with Crippen molar-refractivity contribution < 1.29 is 0 Å². The standard InChI is InChI=1S/C17H35NS/c1-6-18-14-17(10-7-13-19-5)11-8-15(9-12-17)16(2,3)4/h15,18H,6-14H2,1-5H3. The third kappa shape index (κ3) is 5.67. The zero-order valence-corrected chi connectivity index (χ0v) is 14.7. The number of rotatable bonds is 7. The van der Waals surface area contributed by atoms with Gasteiger partial charge in [-0.2, -0.15) is 11.8 Å². The van der Waals surface area contributed by atoms with Gasteiger partial charge in [0.05, 0.1) is 0 Å². The molecular weight excluding hydrogens is 250 g/mol. The molecule has 1 aliphatic carbocycles. The minimum absolute atomic E-state index is 0.504. The third-order valence-corrected chi connectivity index (χ3v) is 5.77. The van der Waals surface area contributed by atoms with Crippen molar-refractivity contribution in [1.29, 1.82) is 0 Å². The summed E-state index contributed by atoms with van der Waals surface area (Å²) in [4.78, 5) is 0. The van der Waals surface area contributed by atoms with Gasteiger partial charge in [0.25, 0.3) is 0 Å². The molecule has 0 atom stereocenters. The average molecular weight is 286 g/mol. The van der Waals surface area contributed by atoms with E-state index < -0.39 is 0 Å². The summed E-state index contributed by atoms with van der Waals surface area (Å²) in [6.07, 6.45) is 10.8. The lowest BCUT2D eigenvalue weighted by Crippen LogP contribution is -2.39. The second-order valence-corrected chi connectivity index (χ2v) is 8.50. The Balaban J connectivity index is 2.53. The van der Waals surface area contributed by atoms with Gasteiger partial charge >= 0.3 is 0 Å². The summed E-state index contributed by atoms with van der Waals surface area (Å²) in [6.45, 7) is 11.9. The SMILES string of the molecule is CCNCC1(CCCSC)CCC(C(C)(C)C)CC1. The van der Waals surface area contributed by atoms with Crippen LogP contribution in [0.15, 0.2) is 0 Å². The van der Waals surface area contributed by atoms with Crippen LogP contribution in [0.5, 0.6) is 0 Å². The van der Waals surface area contributed by atoms with E-state index in [-0.39, 0.29) is 0 Å². The summed E-state index contributed by atoms with van der Waals surface area (Å²) in [5.41, 5.74) is 1.11. The van der Waals surface area contributed by atoms with Gasteiger partial charge in [0.2, 0.25) is 0 Å². The van der Waals surface area contributed by atoms with Crippen molar-refractivity contribution in [1.82, 2.24) is 5.32 Å². The highest BCUT2D eigenvalue weighted by Gasteiger charge is 2.37. The molecule has 1 saturated carbocycles. The van der Waals surface area contributed by atoms with Crippen molar-refractivity contribution in [3.05, 3.63) is 0 Å². The molecule has 1 aliphatic rings. The molecule has 0 aliphatic heterocycles. The molecule has 1 N–H and O–H groups in total. The van der Waals surface area contributed by atoms with Gasteiger partial charge < -0.3 is 5.32 Å². The lowest BCUT2D eigenvalue weighted by Gasteiger charge is -2.44. The fraction of sp³-hybridized carbons (Fsp3) is 1.00. The maximum atomic E-state index is 3.63. The van der Waals surface area contributed by atoms with Crippen LogP contribution in [-0.4, -0.2) is 25.1 Å². The Morgan fingerprint density at radius 2 is 1.84 bits per heavy atom. The Morgan fingerprint density at radius 3 is 2.32 bits per heavy atom. The van der Waals surface area contributed by atoms with Gasteiger partial charge in [0, 0.05) is 6.54 Å². The van der Waals surface area contributed by atoms with Gasteiger partial charge in [-0.15, -0.1) is 0 Å². The average Bonchev–Trinajstić information content (AvgIpc) is 2.36. The largest absolute Gasteiger partial charge is 0.316 e. The first kappa shape index (κ1) is 17.4. The van der Waals surface area contributed by atoms with Crippen molar-refractivity contribution in [3.63, 3.8) is 0 Å². The van der Waals surface area contributed by atoms with Crippen molar-refractivity contribution in [2.75, 3.05) is 25.1 Å². The zero-order chi connectivity index (χ0) is 14.4. The fourth-order valence-electron chi connectivity index (χ4n) is 3.59. The van der Waals surface area contributed by atoms with Crippen LogP contribution in [0.2, 0.25) is 0 Å². The smallest absolute Gasteiger partial charge is 0.000770 e. The molecule has 0 aromatic rings. The van der Waals surface area contributed by atoms with Crippen LogP contribution in [0, 0.1) is 16.7 Å². The Hall–Kier alpha value is 0.310. The van der Waals surface area contributed by atoms with Crippen molar-refractivity contribution in [2.24, 2.45) is 16.7 Å². The van der Waals surface area contributed by atoms with Crippen LogP contribution in [0.4, 0.5) is 0 Å². The maximum Gasteiger partial charge on any atom is 0.000770 e. The first-order chi connectivity index (χ1) is 8.93. The molecule has 1 rings (SSSR count). The Bertz CT molecular complexity index is 236. The molecule has 1 fully saturated rings. The minimum atomic E-state index is 0.504. The van der Waals surface area contributed by atoms with Gasteiger partial charge in [-0.3, -0.25) is 0 Å². The van der Waals surface area contributed by atoms with E-state index in [1.807, 2.05) is 11.8 Å². The Kier molecular flexibility index (Phi) is 7.24. The van der Waals surface area contributed by atoms with Crippen molar-refractivity contribution in [2.45, 2.75) is 66.2 Å². The predicted molar refractivity (Wildman–Crippen MR) is 90.0 cm³/mol. The normalized spacial score (nSPS) is 28.6. The molecule has 0 unspecified atom stereocenters. The highest BCUT2D eigenvalue weighted by molar-refractivity contribution is 7.98. The molecule has 0 aromatic carbocycles. The Morgan fingerprint density at radius 1 is 1.21 bits per heavy atom. The minimum Gasteiger partial charge on any atom is -0.316 e. The van der Waals surface area contributed by atoms with E-state index in [1.165, 1.54) is 50.8 Å². The van der Waals surface area contributed by atoms with E-state index in [0.29, 0.717) is 10.8 Å². The zero-order valence-electron chi connectivity index (χ0n) is 13.8. The van der Waals surface area contributed by atoms with Crippen molar-refractivity contribution in [3.8, 4) is 0 Å². The molecule has 1 nitrogen and oxygen atoms in total. The number of hydrogen-bond donors (Lipinski definition) is 1. The second kappa shape index (κ2) is 7.93. The number of nitrogens with one attached hydrogen (secondary N) is 1. The van der Waals surface area contributed by atoms with Gasteiger partial charge in [0.1, 0.15) is 0 Å². The van der Waals surface area contributed by atoms with Gasteiger partial charge in [-0.05, 0) is 73.8 Å². The third-order valence-electron chi connectivity index (χ3n) is 5.08. The first-order valence-electron chi connectivity index (χ1n) is 8.13. The van der Waals surface area contributed by atoms with Gasteiger partial charge in [-0.1, -0.05) is 27.7 Å². The van der Waals surface area contributed by atoms with Crippen LogP contribution in [-0.2, 0) is 0 Å². The maximum absolute atomic E-state index is 3.63. The lowest BCUT2D eigenvalue weighted by atomic mass is 9.62. The van der Waals surface area contributed by atoms with E-state index in [2.05, 4.69) is 39.3 Å². The molecule has 0 bridgehead atoms. The Labute approximate surface area is 125 Å². The van der Waals surface area contributed by atoms with Crippen LogP contribution >= 0.6 is 11.8 Å². The van der Waals surface area contributed by atoms with Crippen LogP contribution in [0.1, 0.15) is 66.2 Å². The first-order valence-corrected chi connectivity index (χ1v) is 9.52. The van der Waals surface area contributed by atoms with E-state index in [4.69, 9.17) is 0 Å². The molecule has 2 heteroatoms. The molecule has 19 heavy (non-hydrogen) atoms. The van der Waals surface area contributed by atoms with Crippen LogP contribution < -0.4 is 5.32 Å². The molecule has 0 aromatic heterocycles. The molecular formula is C17H35NS. The van der Waals surface area contributed by atoms with Gasteiger partial charge in [0.15, 0.2) is 0 Å². The van der Waals surface area contributed by atoms with Crippen LogP contribution in [0.3, 0.4) is 0 Å². The summed E-state index contributed by atoms with van der Waals surface area (Å²) >= 11 is 2.00.